The molecular weight excluding hydrogens is 376 g/mol. The van der Waals surface area contributed by atoms with E-state index in [2.05, 4.69) is 0 Å². The Kier molecular flexibility index (Phi) is 7.42. The van der Waals surface area contributed by atoms with Crippen molar-refractivity contribution < 1.29 is 28.2 Å². The van der Waals surface area contributed by atoms with Gasteiger partial charge in [-0.05, 0) is 57.7 Å². The van der Waals surface area contributed by atoms with Crippen LogP contribution in [-0.4, -0.2) is 30.8 Å². The standard InChI is InChI=1S/C22H28O7/c1-6-9-26-19(23)8-7-15-11-16-14(2)10-20(24)28-18(16)12-17(15)27-13-21(25)29-22(3,4)5/h10-12H,6-9,13H2,1-5H3. The molecule has 0 N–H and O–H groups in total. The van der Waals surface area contributed by atoms with Crippen LogP contribution < -0.4 is 10.4 Å². The van der Waals surface area contributed by atoms with Gasteiger partial charge in [0.25, 0.3) is 0 Å². The second-order valence-corrected chi connectivity index (χ2v) is 7.80. The first-order valence-corrected chi connectivity index (χ1v) is 9.66. The van der Waals surface area contributed by atoms with Crippen molar-refractivity contribution in [1.82, 2.24) is 0 Å². The number of fused-ring (bicyclic) bond motifs is 1. The minimum atomic E-state index is -0.625. The molecule has 0 atom stereocenters. The summed E-state index contributed by atoms with van der Waals surface area (Å²) in [4.78, 5) is 35.6. The second kappa shape index (κ2) is 9.58. The third-order valence-corrected chi connectivity index (χ3v) is 3.96. The van der Waals surface area contributed by atoms with Gasteiger partial charge in [-0.3, -0.25) is 4.79 Å². The highest BCUT2D eigenvalue weighted by molar-refractivity contribution is 5.83. The van der Waals surface area contributed by atoms with Crippen LogP contribution in [0.2, 0.25) is 0 Å². The van der Waals surface area contributed by atoms with E-state index in [0.29, 0.717) is 29.9 Å². The molecule has 2 aromatic rings. The summed E-state index contributed by atoms with van der Waals surface area (Å²) in [7, 11) is 0. The van der Waals surface area contributed by atoms with Crippen LogP contribution in [0.5, 0.6) is 5.75 Å². The number of rotatable bonds is 8. The lowest BCUT2D eigenvalue weighted by atomic mass is 10.0. The summed E-state index contributed by atoms with van der Waals surface area (Å²) in [6.45, 7) is 9.12. The zero-order valence-corrected chi connectivity index (χ0v) is 17.6. The van der Waals surface area contributed by atoms with Crippen molar-refractivity contribution in [2.75, 3.05) is 13.2 Å². The molecule has 0 bridgehead atoms. The van der Waals surface area contributed by atoms with Crippen molar-refractivity contribution in [2.24, 2.45) is 0 Å². The van der Waals surface area contributed by atoms with Gasteiger partial charge in [-0.15, -0.1) is 0 Å². The zero-order valence-electron chi connectivity index (χ0n) is 17.6. The lowest BCUT2D eigenvalue weighted by molar-refractivity contribution is -0.157. The highest BCUT2D eigenvalue weighted by atomic mass is 16.6. The molecule has 0 aliphatic carbocycles. The maximum atomic E-state index is 12.0. The number of benzene rings is 1. The van der Waals surface area contributed by atoms with Gasteiger partial charge in [0.2, 0.25) is 0 Å². The molecule has 29 heavy (non-hydrogen) atoms. The fraction of sp³-hybridized carbons (Fsp3) is 0.500. The molecule has 0 unspecified atom stereocenters. The van der Waals surface area contributed by atoms with E-state index in [-0.39, 0.29) is 19.0 Å². The van der Waals surface area contributed by atoms with Crippen LogP contribution in [0.15, 0.2) is 27.4 Å². The first kappa shape index (κ1) is 22.5. The van der Waals surface area contributed by atoms with Gasteiger partial charge in [-0.1, -0.05) is 6.92 Å². The normalized spacial score (nSPS) is 11.3. The summed E-state index contributed by atoms with van der Waals surface area (Å²) in [5, 5.41) is 0.742. The third-order valence-electron chi connectivity index (χ3n) is 3.96. The molecule has 2 rings (SSSR count). The molecule has 7 nitrogen and oxygen atoms in total. The highest BCUT2D eigenvalue weighted by Crippen LogP contribution is 2.28. The number of carbonyl (C=O) groups is 2. The molecule has 1 heterocycles. The summed E-state index contributed by atoms with van der Waals surface area (Å²) in [6.07, 6.45) is 1.29. The Balaban J connectivity index is 2.27. The molecule has 0 aliphatic heterocycles. The van der Waals surface area contributed by atoms with Gasteiger partial charge in [-0.25, -0.2) is 9.59 Å². The summed E-state index contributed by atoms with van der Waals surface area (Å²) >= 11 is 0. The van der Waals surface area contributed by atoms with Crippen LogP contribution >= 0.6 is 0 Å². The van der Waals surface area contributed by atoms with Crippen LogP contribution in [0.25, 0.3) is 11.0 Å². The molecule has 1 aromatic carbocycles. The SMILES string of the molecule is CCCOC(=O)CCc1cc2c(C)cc(=O)oc2cc1OCC(=O)OC(C)(C)C. The van der Waals surface area contributed by atoms with Crippen LogP contribution in [0, 0.1) is 6.92 Å². The highest BCUT2D eigenvalue weighted by Gasteiger charge is 2.18. The van der Waals surface area contributed by atoms with E-state index in [1.165, 1.54) is 6.07 Å². The van der Waals surface area contributed by atoms with E-state index >= 15 is 0 Å². The van der Waals surface area contributed by atoms with Crippen molar-refractivity contribution in [3.05, 3.63) is 39.7 Å². The van der Waals surface area contributed by atoms with Crippen molar-refractivity contribution in [3.63, 3.8) is 0 Å². The number of carbonyl (C=O) groups excluding carboxylic acids is 2. The molecule has 1 aromatic heterocycles. The monoisotopic (exact) mass is 404 g/mol. The maximum absolute atomic E-state index is 12.0. The van der Waals surface area contributed by atoms with Crippen molar-refractivity contribution in [2.45, 2.75) is 59.5 Å². The van der Waals surface area contributed by atoms with Crippen LogP contribution in [-0.2, 0) is 25.5 Å². The fourth-order valence-electron chi connectivity index (χ4n) is 2.75. The smallest absolute Gasteiger partial charge is 0.344 e. The Hall–Kier alpha value is -2.83. The van der Waals surface area contributed by atoms with Gasteiger partial charge in [0.05, 0.1) is 6.61 Å². The molecule has 0 saturated carbocycles. The van der Waals surface area contributed by atoms with E-state index in [9.17, 15) is 14.4 Å². The molecule has 0 spiro atoms. The molecule has 0 radical (unpaired) electrons. The van der Waals surface area contributed by atoms with Crippen molar-refractivity contribution >= 4 is 22.9 Å². The van der Waals surface area contributed by atoms with Gasteiger partial charge in [-0.2, -0.15) is 0 Å². The average molecular weight is 404 g/mol. The lowest BCUT2D eigenvalue weighted by Crippen LogP contribution is -2.27. The van der Waals surface area contributed by atoms with Crippen molar-refractivity contribution in [1.29, 1.82) is 0 Å². The summed E-state index contributed by atoms with van der Waals surface area (Å²) in [6, 6.07) is 4.79. The largest absolute Gasteiger partial charge is 0.481 e. The van der Waals surface area contributed by atoms with E-state index in [0.717, 1.165) is 17.4 Å². The molecule has 0 amide bonds. The van der Waals surface area contributed by atoms with Gasteiger partial charge in [0.15, 0.2) is 6.61 Å². The fourth-order valence-corrected chi connectivity index (χ4v) is 2.75. The van der Waals surface area contributed by atoms with Gasteiger partial charge >= 0.3 is 17.6 Å². The molecule has 0 aliphatic rings. The Morgan fingerprint density at radius 2 is 1.83 bits per heavy atom. The first-order valence-electron chi connectivity index (χ1n) is 9.66. The van der Waals surface area contributed by atoms with Gasteiger partial charge in [0, 0.05) is 23.9 Å². The quantitative estimate of drug-likeness (QED) is 0.489. The summed E-state index contributed by atoms with van der Waals surface area (Å²) < 4.78 is 21.3. The summed E-state index contributed by atoms with van der Waals surface area (Å²) in [5.74, 6) is -0.460. The Morgan fingerprint density at radius 1 is 1.10 bits per heavy atom. The minimum Gasteiger partial charge on any atom is -0.481 e. The number of esters is 2. The van der Waals surface area contributed by atoms with Crippen molar-refractivity contribution in [3.8, 4) is 5.75 Å². The minimum absolute atomic E-state index is 0.171. The molecule has 158 valence electrons. The predicted molar refractivity (Wildman–Crippen MR) is 108 cm³/mol. The van der Waals surface area contributed by atoms with Crippen LogP contribution in [0.3, 0.4) is 0 Å². The predicted octanol–water partition coefficient (Wildman–Crippen LogP) is 3.71. The Bertz CT molecular complexity index is 935. The van der Waals surface area contributed by atoms with E-state index in [1.54, 1.807) is 33.8 Å². The van der Waals surface area contributed by atoms with Crippen LogP contribution in [0.4, 0.5) is 0 Å². The van der Waals surface area contributed by atoms with E-state index < -0.39 is 17.2 Å². The number of aryl methyl sites for hydroxylation is 2. The first-order chi connectivity index (χ1) is 13.6. The second-order valence-electron chi connectivity index (χ2n) is 7.80. The van der Waals surface area contributed by atoms with E-state index in [1.807, 2.05) is 13.0 Å². The van der Waals surface area contributed by atoms with E-state index in [4.69, 9.17) is 18.6 Å². The lowest BCUT2D eigenvalue weighted by Gasteiger charge is -2.20. The molecule has 0 fully saturated rings. The number of hydrogen-bond donors (Lipinski definition) is 0. The Labute approximate surface area is 169 Å². The molecule has 0 saturated heterocycles. The average Bonchev–Trinajstić information content (AvgIpc) is 2.61. The maximum Gasteiger partial charge on any atom is 0.344 e. The Morgan fingerprint density at radius 3 is 2.48 bits per heavy atom. The molecule has 7 heteroatoms. The topological polar surface area (TPSA) is 92.0 Å². The third kappa shape index (κ3) is 6.93. The molecular formula is C22H28O7. The number of ether oxygens (including phenoxy) is 3. The number of hydrogen-bond acceptors (Lipinski definition) is 7. The summed E-state index contributed by atoms with van der Waals surface area (Å²) in [5.41, 5.74) is 0.728. The zero-order chi connectivity index (χ0) is 21.6. The van der Waals surface area contributed by atoms with Gasteiger partial charge < -0.3 is 18.6 Å². The van der Waals surface area contributed by atoms with Gasteiger partial charge in [0.1, 0.15) is 16.9 Å². The van der Waals surface area contributed by atoms with Crippen LogP contribution in [0.1, 0.15) is 51.7 Å².